The number of anilines is 3. The van der Waals surface area contributed by atoms with Gasteiger partial charge in [-0.2, -0.15) is 18.2 Å². The summed E-state index contributed by atoms with van der Waals surface area (Å²) in [7, 11) is 0. The van der Waals surface area contributed by atoms with Crippen LogP contribution in [0.1, 0.15) is 12.0 Å². The molecule has 0 bridgehead atoms. The molecule has 0 fully saturated rings. The van der Waals surface area contributed by atoms with Gasteiger partial charge in [-0.05, 0) is 36.8 Å². The van der Waals surface area contributed by atoms with Gasteiger partial charge in [-0.15, -0.1) is 0 Å². The van der Waals surface area contributed by atoms with E-state index in [2.05, 4.69) is 20.6 Å². The normalized spacial score (nSPS) is 11.4. The first kappa shape index (κ1) is 18.7. The molecule has 3 rings (SSSR count). The second-order valence-electron chi connectivity index (χ2n) is 5.79. The summed E-state index contributed by atoms with van der Waals surface area (Å²) in [6, 6.07) is 9.26. The third-order valence-electron chi connectivity index (χ3n) is 3.73. The number of aryl methyl sites for hydroxylation is 1. The smallest absolute Gasteiger partial charge is 0.369 e. The topological polar surface area (TPSA) is 54.8 Å². The van der Waals surface area contributed by atoms with Crippen molar-refractivity contribution in [1.29, 1.82) is 0 Å². The Hall–Kier alpha value is -3.10. The third kappa shape index (κ3) is 5.19. The molecule has 5 nitrogen and oxygen atoms in total. The minimum atomic E-state index is -4.58. The van der Waals surface area contributed by atoms with E-state index in [4.69, 9.17) is 0 Å². The number of benzene rings is 1. The Bertz CT molecular complexity index is 878. The van der Waals surface area contributed by atoms with E-state index in [1.54, 1.807) is 6.07 Å². The van der Waals surface area contributed by atoms with Crippen LogP contribution in [0, 0.1) is 5.82 Å². The van der Waals surface area contributed by atoms with Crippen molar-refractivity contribution < 1.29 is 17.6 Å². The highest BCUT2D eigenvalue weighted by atomic mass is 19.4. The third-order valence-corrected chi connectivity index (χ3v) is 3.73. The molecule has 0 unspecified atom stereocenters. The molecule has 1 aromatic carbocycles. The lowest BCUT2D eigenvalue weighted by Crippen LogP contribution is -2.15. The second-order valence-corrected chi connectivity index (χ2v) is 5.79. The molecule has 0 radical (unpaired) electrons. The van der Waals surface area contributed by atoms with Gasteiger partial charge in [-0.25, -0.2) is 9.37 Å². The predicted molar refractivity (Wildman–Crippen MR) is 94.3 cm³/mol. The van der Waals surface area contributed by atoms with Gasteiger partial charge in [0.2, 0.25) is 5.95 Å². The van der Waals surface area contributed by atoms with Crippen LogP contribution in [-0.2, 0) is 12.7 Å². The van der Waals surface area contributed by atoms with E-state index in [0.717, 1.165) is 0 Å². The maximum atomic E-state index is 13.2. The van der Waals surface area contributed by atoms with Gasteiger partial charge in [0, 0.05) is 37.4 Å². The molecule has 0 spiro atoms. The number of rotatable bonds is 7. The summed E-state index contributed by atoms with van der Waals surface area (Å²) in [5.41, 5.74) is -0.610. The maximum Gasteiger partial charge on any atom is 0.421 e. The zero-order valence-electron chi connectivity index (χ0n) is 14.2. The van der Waals surface area contributed by atoms with Crippen LogP contribution in [0.5, 0.6) is 0 Å². The zero-order chi connectivity index (χ0) is 19.3. The number of hydrogen-bond acceptors (Lipinski definition) is 4. The quantitative estimate of drug-likeness (QED) is 0.462. The van der Waals surface area contributed by atoms with Crippen LogP contribution in [0.4, 0.5) is 35.0 Å². The number of aromatic nitrogens is 3. The number of alkyl halides is 3. The van der Waals surface area contributed by atoms with Crippen molar-refractivity contribution in [3.05, 3.63) is 66.4 Å². The van der Waals surface area contributed by atoms with E-state index >= 15 is 0 Å². The van der Waals surface area contributed by atoms with Crippen molar-refractivity contribution in [3.8, 4) is 0 Å². The van der Waals surface area contributed by atoms with E-state index in [-0.39, 0.29) is 11.8 Å². The molecule has 0 saturated heterocycles. The first-order chi connectivity index (χ1) is 12.9. The van der Waals surface area contributed by atoms with Crippen LogP contribution in [0.25, 0.3) is 0 Å². The molecule has 0 aliphatic carbocycles. The van der Waals surface area contributed by atoms with Crippen molar-refractivity contribution in [2.45, 2.75) is 19.1 Å². The van der Waals surface area contributed by atoms with Crippen molar-refractivity contribution in [2.24, 2.45) is 0 Å². The molecule has 0 amide bonds. The lowest BCUT2D eigenvalue weighted by atomic mass is 10.3. The van der Waals surface area contributed by atoms with E-state index < -0.39 is 17.6 Å². The molecular weight excluding hydrogens is 362 g/mol. The lowest BCUT2D eigenvalue weighted by Gasteiger charge is -2.15. The SMILES string of the molecule is Fc1cccc(Nc2ncc(C(F)(F)F)c(NCCCn3cccc3)n2)c1. The maximum absolute atomic E-state index is 13.2. The molecule has 0 atom stereocenters. The molecular formula is C18H17F4N5. The van der Waals surface area contributed by atoms with Crippen LogP contribution in [0.15, 0.2) is 55.0 Å². The summed E-state index contributed by atoms with van der Waals surface area (Å²) >= 11 is 0. The van der Waals surface area contributed by atoms with Crippen molar-refractivity contribution in [3.63, 3.8) is 0 Å². The minimum absolute atomic E-state index is 0.0542. The largest absolute Gasteiger partial charge is 0.421 e. The Morgan fingerprint density at radius 3 is 2.56 bits per heavy atom. The van der Waals surface area contributed by atoms with Crippen LogP contribution >= 0.6 is 0 Å². The minimum Gasteiger partial charge on any atom is -0.369 e. The average molecular weight is 379 g/mol. The Balaban J connectivity index is 1.72. The van der Waals surface area contributed by atoms with Crippen molar-refractivity contribution in [1.82, 2.24) is 14.5 Å². The highest BCUT2D eigenvalue weighted by Crippen LogP contribution is 2.34. The molecule has 2 heterocycles. The van der Waals surface area contributed by atoms with E-state index in [0.29, 0.717) is 31.4 Å². The molecule has 142 valence electrons. The lowest BCUT2D eigenvalue weighted by molar-refractivity contribution is -0.137. The average Bonchev–Trinajstić information content (AvgIpc) is 3.11. The van der Waals surface area contributed by atoms with E-state index in [1.807, 2.05) is 29.1 Å². The Kier molecular flexibility index (Phi) is 5.58. The van der Waals surface area contributed by atoms with Gasteiger partial charge in [-0.3, -0.25) is 0 Å². The van der Waals surface area contributed by atoms with Crippen LogP contribution < -0.4 is 10.6 Å². The van der Waals surface area contributed by atoms with Gasteiger partial charge in [-0.1, -0.05) is 6.07 Å². The highest BCUT2D eigenvalue weighted by molar-refractivity contribution is 5.56. The number of halogens is 4. The van der Waals surface area contributed by atoms with Crippen LogP contribution in [0.2, 0.25) is 0 Å². The Morgan fingerprint density at radius 2 is 1.85 bits per heavy atom. The summed E-state index contributed by atoms with van der Waals surface area (Å²) in [6.07, 6.45) is 0.505. The summed E-state index contributed by atoms with van der Waals surface area (Å²) in [4.78, 5) is 7.61. The molecule has 3 aromatic rings. The molecule has 0 aliphatic heterocycles. The summed E-state index contributed by atoms with van der Waals surface area (Å²) in [5.74, 6) is -0.847. The zero-order valence-corrected chi connectivity index (χ0v) is 14.2. The van der Waals surface area contributed by atoms with Gasteiger partial charge in [0.05, 0.1) is 0 Å². The summed E-state index contributed by atoms with van der Waals surface area (Å²) in [5, 5.41) is 5.42. The Labute approximate surface area is 153 Å². The van der Waals surface area contributed by atoms with Crippen molar-refractivity contribution in [2.75, 3.05) is 17.2 Å². The summed E-state index contributed by atoms with van der Waals surface area (Å²) in [6.45, 7) is 0.971. The fraction of sp³-hybridized carbons (Fsp3) is 0.222. The highest BCUT2D eigenvalue weighted by Gasteiger charge is 2.35. The van der Waals surface area contributed by atoms with Gasteiger partial charge in [0.15, 0.2) is 0 Å². The fourth-order valence-electron chi connectivity index (χ4n) is 2.47. The van der Waals surface area contributed by atoms with Gasteiger partial charge >= 0.3 is 6.18 Å². The van der Waals surface area contributed by atoms with Gasteiger partial charge < -0.3 is 15.2 Å². The number of hydrogen-bond donors (Lipinski definition) is 2. The first-order valence-corrected chi connectivity index (χ1v) is 8.23. The standard InChI is InChI=1S/C18H17F4N5/c19-13-5-3-6-14(11-13)25-17-24-12-15(18(20,21)22)16(26-17)23-7-4-10-27-8-1-2-9-27/h1-3,5-6,8-9,11-12H,4,7,10H2,(H2,23,24,25,26). The van der Waals surface area contributed by atoms with Crippen LogP contribution in [-0.4, -0.2) is 21.1 Å². The first-order valence-electron chi connectivity index (χ1n) is 8.23. The number of nitrogens with zero attached hydrogens (tertiary/aromatic N) is 3. The van der Waals surface area contributed by atoms with Crippen LogP contribution in [0.3, 0.4) is 0 Å². The van der Waals surface area contributed by atoms with E-state index in [1.165, 1.54) is 18.2 Å². The van der Waals surface area contributed by atoms with Crippen molar-refractivity contribution >= 4 is 17.5 Å². The molecule has 27 heavy (non-hydrogen) atoms. The van der Waals surface area contributed by atoms with Gasteiger partial charge in [0.25, 0.3) is 0 Å². The second kappa shape index (κ2) is 8.07. The predicted octanol–water partition coefficient (Wildman–Crippen LogP) is 4.68. The molecule has 0 saturated carbocycles. The molecule has 0 aliphatic rings. The molecule has 2 N–H and O–H groups in total. The van der Waals surface area contributed by atoms with E-state index in [9.17, 15) is 17.6 Å². The fourth-order valence-corrected chi connectivity index (χ4v) is 2.47. The monoisotopic (exact) mass is 379 g/mol. The Morgan fingerprint density at radius 1 is 1.07 bits per heavy atom. The number of nitrogens with one attached hydrogen (secondary N) is 2. The molecule has 2 aromatic heterocycles. The van der Waals surface area contributed by atoms with Gasteiger partial charge in [0.1, 0.15) is 17.2 Å². The summed E-state index contributed by atoms with van der Waals surface area (Å²) < 4.78 is 54.8. The molecule has 9 heteroatoms.